The zero-order chi connectivity index (χ0) is 16.6. The Kier molecular flexibility index (Phi) is 4.14. The summed E-state index contributed by atoms with van der Waals surface area (Å²) in [5, 5.41) is 8.96. The van der Waals surface area contributed by atoms with Crippen LogP contribution in [0.4, 0.5) is 18.9 Å². The van der Waals surface area contributed by atoms with Gasteiger partial charge in [-0.2, -0.15) is 5.26 Å². The highest BCUT2D eigenvalue weighted by atomic mass is 79.9. The molecule has 22 heavy (non-hydrogen) atoms. The highest BCUT2D eigenvalue weighted by molar-refractivity contribution is 9.10. The fraction of sp³-hybridized carbons (Fsp3) is 0.0769. The van der Waals surface area contributed by atoms with E-state index in [1.807, 2.05) is 0 Å². The van der Waals surface area contributed by atoms with Gasteiger partial charge in [-0.25, -0.2) is 18.0 Å². The van der Waals surface area contributed by atoms with Crippen LogP contribution in [0.5, 0.6) is 0 Å². The minimum atomic E-state index is -1.72. The molecule has 0 radical (unpaired) electrons. The maximum Gasteiger partial charge on any atom is 0.357 e. The van der Waals surface area contributed by atoms with Crippen LogP contribution in [0.3, 0.4) is 0 Å². The Labute approximate surface area is 130 Å². The summed E-state index contributed by atoms with van der Waals surface area (Å²) in [6.07, 6.45) is 1.03. The van der Waals surface area contributed by atoms with E-state index in [2.05, 4.69) is 20.7 Å². The molecule has 0 bridgehead atoms. The van der Waals surface area contributed by atoms with Gasteiger partial charge in [0.1, 0.15) is 6.07 Å². The van der Waals surface area contributed by atoms with Crippen LogP contribution >= 0.6 is 15.9 Å². The molecule has 1 aromatic carbocycles. The third kappa shape index (κ3) is 2.31. The molecule has 0 spiro atoms. The number of benzene rings is 1. The second-order valence-corrected chi connectivity index (χ2v) is 4.95. The van der Waals surface area contributed by atoms with Gasteiger partial charge in [0.15, 0.2) is 23.1 Å². The number of hydrogen-bond donors (Lipinski definition) is 1. The van der Waals surface area contributed by atoms with E-state index in [9.17, 15) is 18.0 Å². The number of carbonyl (C=O) groups is 1. The minimum Gasteiger partial charge on any atom is -0.464 e. The molecule has 0 aliphatic heterocycles. The zero-order valence-electron chi connectivity index (χ0n) is 11.0. The summed E-state index contributed by atoms with van der Waals surface area (Å²) in [4.78, 5) is 11.8. The van der Waals surface area contributed by atoms with Crippen molar-refractivity contribution >= 4 is 27.6 Å². The Morgan fingerprint density at radius 1 is 1.41 bits per heavy atom. The molecule has 0 aliphatic carbocycles. The Hall–Kier alpha value is -2.47. The van der Waals surface area contributed by atoms with Crippen LogP contribution in [-0.4, -0.2) is 17.6 Å². The zero-order valence-corrected chi connectivity index (χ0v) is 12.5. The van der Waals surface area contributed by atoms with E-state index < -0.39 is 29.1 Å². The Balaban J connectivity index is 2.88. The van der Waals surface area contributed by atoms with Gasteiger partial charge in [-0.15, -0.1) is 0 Å². The number of methoxy groups -OCH3 is 1. The first kappa shape index (κ1) is 15.9. The summed E-state index contributed by atoms with van der Waals surface area (Å²) in [7, 11) is 1.06. The summed E-state index contributed by atoms with van der Waals surface area (Å²) in [5.41, 5.74) is 4.37. The molecule has 0 fully saturated rings. The van der Waals surface area contributed by atoms with E-state index in [4.69, 9.17) is 11.0 Å². The van der Waals surface area contributed by atoms with Crippen LogP contribution in [-0.2, 0) is 4.74 Å². The number of nitrogens with zero attached hydrogens (tertiary/aromatic N) is 2. The number of nitrogen functional groups attached to an aromatic ring is 1. The predicted molar refractivity (Wildman–Crippen MR) is 73.8 cm³/mol. The molecule has 114 valence electrons. The molecular formula is C13H7BrF3N3O2. The number of hydrogen-bond acceptors (Lipinski definition) is 4. The van der Waals surface area contributed by atoms with Gasteiger partial charge in [0.05, 0.1) is 24.0 Å². The third-order valence-electron chi connectivity index (χ3n) is 2.87. The van der Waals surface area contributed by atoms with Crippen molar-refractivity contribution in [2.75, 3.05) is 12.8 Å². The Morgan fingerprint density at radius 3 is 2.59 bits per heavy atom. The van der Waals surface area contributed by atoms with Gasteiger partial charge in [0, 0.05) is 10.7 Å². The molecule has 0 saturated heterocycles. The quantitative estimate of drug-likeness (QED) is 0.498. The third-order valence-corrected chi connectivity index (χ3v) is 3.48. The maximum absolute atomic E-state index is 14.1. The molecule has 0 saturated carbocycles. The SMILES string of the molecule is COC(=O)c1c(N)c(C#N)cn1-c1c(Br)cc(F)c(F)c1F. The van der Waals surface area contributed by atoms with E-state index in [1.54, 1.807) is 6.07 Å². The topological polar surface area (TPSA) is 81.0 Å². The van der Waals surface area contributed by atoms with Crippen molar-refractivity contribution in [3.63, 3.8) is 0 Å². The van der Waals surface area contributed by atoms with E-state index in [-0.39, 0.29) is 21.4 Å². The van der Waals surface area contributed by atoms with Gasteiger partial charge in [-0.3, -0.25) is 0 Å². The van der Waals surface area contributed by atoms with Crippen molar-refractivity contribution in [2.45, 2.75) is 0 Å². The van der Waals surface area contributed by atoms with Gasteiger partial charge in [-0.05, 0) is 22.0 Å². The van der Waals surface area contributed by atoms with Crippen molar-refractivity contribution in [3.05, 3.63) is 45.4 Å². The molecule has 2 rings (SSSR count). The van der Waals surface area contributed by atoms with E-state index in [1.165, 1.54) is 0 Å². The number of nitriles is 1. The number of nitrogens with two attached hydrogens (primary N) is 1. The fourth-order valence-corrected chi connectivity index (χ4v) is 2.43. The van der Waals surface area contributed by atoms with Crippen molar-refractivity contribution in [1.82, 2.24) is 4.57 Å². The molecule has 0 amide bonds. The average Bonchev–Trinajstić information content (AvgIpc) is 2.80. The van der Waals surface area contributed by atoms with Gasteiger partial charge in [0.25, 0.3) is 0 Å². The second-order valence-electron chi connectivity index (χ2n) is 4.10. The fourth-order valence-electron chi connectivity index (χ4n) is 1.87. The number of anilines is 1. The molecule has 0 atom stereocenters. The van der Waals surface area contributed by atoms with Gasteiger partial charge in [0.2, 0.25) is 0 Å². The first-order valence-corrected chi connectivity index (χ1v) is 6.45. The lowest BCUT2D eigenvalue weighted by Gasteiger charge is -2.12. The average molecular weight is 374 g/mol. The summed E-state index contributed by atoms with van der Waals surface area (Å²) in [6, 6.07) is 2.40. The molecule has 1 aromatic heterocycles. The summed E-state index contributed by atoms with van der Waals surface area (Å²) in [5.74, 6) is -5.64. The van der Waals surface area contributed by atoms with Crippen molar-refractivity contribution < 1.29 is 22.7 Å². The minimum absolute atomic E-state index is 0.142. The van der Waals surface area contributed by atoms with Crippen LogP contribution < -0.4 is 5.73 Å². The van der Waals surface area contributed by atoms with Crippen LogP contribution in [0, 0.1) is 28.8 Å². The van der Waals surface area contributed by atoms with Crippen molar-refractivity contribution in [2.24, 2.45) is 0 Å². The maximum atomic E-state index is 14.1. The number of rotatable bonds is 2. The lowest BCUT2D eigenvalue weighted by molar-refractivity contribution is 0.0593. The lowest BCUT2D eigenvalue weighted by atomic mass is 10.2. The van der Waals surface area contributed by atoms with Crippen LogP contribution in [0.15, 0.2) is 16.7 Å². The highest BCUT2D eigenvalue weighted by Gasteiger charge is 2.27. The van der Waals surface area contributed by atoms with Crippen molar-refractivity contribution in [1.29, 1.82) is 5.26 Å². The number of halogens is 4. The standard InChI is InChI=1S/C13H7BrF3N3O2/c1-22-13(21)12-10(19)5(3-18)4-20(12)11-6(14)2-7(15)8(16)9(11)17/h2,4H,19H2,1H3. The summed E-state index contributed by atoms with van der Waals surface area (Å²) in [6.45, 7) is 0. The molecule has 9 heteroatoms. The van der Waals surface area contributed by atoms with E-state index in [0.29, 0.717) is 6.07 Å². The smallest absolute Gasteiger partial charge is 0.357 e. The first-order chi connectivity index (χ1) is 10.3. The van der Waals surface area contributed by atoms with E-state index in [0.717, 1.165) is 17.9 Å². The molecule has 0 unspecified atom stereocenters. The Morgan fingerprint density at radius 2 is 2.05 bits per heavy atom. The normalized spacial score (nSPS) is 10.4. The predicted octanol–water partition coefficient (Wildman–Crippen LogP) is 2.90. The second kappa shape index (κ2) is 5.73. The van der Waals surface area contributed by atoms with Gasteiger partial charge >= 0.3 is 5.97 Å². The van der Waals surface area contributed by atoms with Crippen molar-refractivity contribution in [3.8, 4) is 11.8 Å². The van der Waals surface area contributed by atoms with Crippen LogP contribution in [0.2, 0.25) is 0 Å². The summed E-state index contributed by atoms with van der Waals surface area (Å²) < 4.78 is 45.9. The lowest BCUT2D eigenvalue weighted by Crippen LogP contribution is -2.13. The van der Waals surface area contributed by atoms with Gasteiger partial charge in [-0.1, -0.05) is 0 Å². The van der Waals surface area contributed by atoms with Crippen LogP contribution in [0.1, 0.15) is 16.1 Å². The molecular weight excluding hydrogens is 367 g/mol. The monoisotopic (exact) mass is 373 g/mol. The number of aromatic nitrogens is 1. The Bertz CT molecular complexity index is 827. The largest absolute Gasteiger partial charge is 0.464 e. The molecule has 2 aromatic rings. The molecule has 5 nitrogen and oxygen atoms in total. The summed E-state index contributed by atoms with van der Waals surface area (Å²) >= 11 is 2.89. The first-order valence-electron chi connectivity index (χ1n) is 5.66. The highest BCUT2D eigenvalue weighted by Crippen LogP contribution is 2.32. The van der Waals surface area contributed by atoms with Crippen LogP contribution in [0.25, 0.3) is 5.69 Å². The number of ether oxygens (including phenoxy) is 1. The molecule has 0 aliphatic rings. The number of carbonyl (C=O) groups excluding carboxylic acids is 1. The van der Waals surface area contributed by atoms with Gasteiger partial charge < -0.3 is 15.0 Å². The molecule has 1 heterocycles. The number of esters is 1. The van der Waals surface area contributed by atoms with E-state index >= 15 is 0 Å². The molecule has 2 N–H and O–H groups in total.